The standard InChI is InChI=1S/C11H11ClO4/c1-3-6-8(10(13)14)5(2)4-7(12)9(6)11(15)16/h4H,3H2,1-2H3,(H,13,14)(H,15,16). The number of halogens is 1. The normalized spacial score (nSPS) is 10.2. The van der Waals surface area contributed by atoms with Gasteiger partial charge in [0.2, 0.25) is 0 Å². The first-order valence-electron chi connectivity index (χ1n) is 4.68. The van der Waals surface area contributed by atoms with Crippen LogP contribution in [0, 0.1) is 6.92 Å². The van der Waals surface area contributed by atoms with E-state index in [1.807, 2.05) is 0 Å². The first-order valence-corrected chi connectivity index (χ1v) is 5.06. The van der Waals surface area contributed by atoms with E-state index >= 15 is 0 Å². The number of hydrogen-bond donors (Lipinski definition) is 2. The van der Waals surface area contributed by atoms with Gasteiger partial charge in [-0.25, -0.2) is 9.59 Å². The summed E-state index contributed by atoms with van der Waals surface area (Å²) in [5.74, 6) is -2.34. The molecule has 0 aromatic heterocycles. The average Bonchev–Trinajstić information content (AvgIpc) is 2.14. The molecule has 86 valence electrons. The second-order valence-corrected chi connectivity index (χ2v) is 3.77. The molecule has 2 N–H and O–H groups in total. The van der Waals surface area contributed by atoms with Gasteiger partial charge in [0.25, 0.3) is 0 Å². The summed E-state index contributed by atoms with van der Waals surface area (Å²) < 4.78 is 0. The number of aromatic carboxylic acids is 2. The maximum atomic E-state index is 11.1. The van der Waals surface area contributed by atoms with Crippen LogP contribution in [0.5, 0.6) is 0 Å². The molecule has 4 nitrogen and oxygen atoms in total. The third kappa shape index (κ3) is 2.02. The molecule has 1 aromatic carbocycles. The van der Waals surface area contributed by atoms with Crippen LogP contribution in [0.3, 0.4) is 0 Å². The summed E-state index contributed by atoms with van der Waals surface area (Å²) in [5, 5.41) is 18.1. The van der Waals surface area contributed by atoms with Crippen LogP contribution in [0.2, 0.25) is 5.02 Å². The van der Waals surface area contributed by atoms with Gasteiger partial charge in [0.15, 0.2) is 0 Å². The zero-order chi connectivity index (χ0) is 12.5. The molecular formula is C11H11ClO4. The van der Waals surface area contributed by atoms with Crippen molar-refractivity contribution in [3.63, 3.8) is 0 Å². The Kier molecular flexibility index (Phi) is 3.55. The number of carboxylic acid groups (broad SMARTS) is 2. The summed E-state index contributed by atoms with van der Waals surface area (Å²) in [6.07, 6.45) is 0.310. The predicted molar refractivity (Wildman–Crippen MR) is 59.5 cm³/mol. The molecular weight excluding hydrogens is 232 g/mol. The van der Waals surface area contributed by atoms with Crippen molar-refractivity contribution in [1.29, 1.82) is 0 Å². The average molecular weight is 243 g/mol. The maximum Gasteiger partial charge on any atom is 0.337 e. The Balaban J connectivity index is 3.69. The Labute approximate surface area is 97.5 Å². The molecule has 0 bridgehead atoms. The molecule has 0 amide bonds. The van der Waals surface area contributed by atoms with Gasteiger partial charge in [0.1, 0.15) is 0 Å². The van der Waals surface area contributed by atoms with E-state index in [1.165, 1.54) is 6.07 Å². The number of benzene rings is 1. The lowest BCUT2D eigenvalue weighted by Gasteiger charge is -2.12. The summed E-state index contributed by atoms with van der Waals surface area (Å²) in [4.78, 5) is 22.1. The molecule has 0 heterocycles. The van der Waals surface area contributed by atoms with Crippen LogP contribution in [0.4, 0.5) is 0 Å². The molecule has 0 aliphatic carbocycles. The summed E-state index contributed by atoms with van der Waals surface area (Å²) in [7, 11) is 0. The van der Waals surface area contributed by atoms with E-state index < -0.39 is 11.9 Å². The van der Waals surface area contributed by atoms with Crippen molar-refractivity contribution < 1.29 is 19.8 Å². The van der Waals surface area contributed by atoms with E-state index in [0.29, 0.717) is 12.0 Å². The Morgan fingerprint density at radius 3 is 2.12 bits per heavy atom. The second-order valence-electron chi connectivity index (χ2n) is 3.37. The van der Waals surface area contributed by atoms with Crippen LogP contribution in [-0.4, -0.2) is 22.2 Å². The number of rotatable bonds is 3. The Morgan fingerprint density at radius 1 is 1.25 bits per heavy atom. The number of aryl methyl sites for hydroxylation is 1. The Morgan fingerprint density at radius 2 is 1.75 bits per heavy atom. The van der Waals surface area contributed by atoms with E-state index in [4.69, 9.17) is 21.8 Å². The monoisotopic (exact) mass is 242 g/mol. The summed E-state index contributed by atoms with van der Waals surface area (Å²) in [6.45, 7) is 3.30. The second kappa shape index (κ2) is 4.53. The highest BCUT2D eigenvalue weighted by Crippen LogP contribution is 2.27. The van der Waals surface area contributed by atoms with Gasteiger partial charge >= 0.3 is 11.9 Å². The first kappa shape index (κ1) is 12.5. The van der Waals surface area contributed by atoms with Crippen LogP contribution in [0.15, 0.2) is 6.07 Å². The van der Waals surface area contributed by atoms with Crippen molar-refractivity contribution in [2.45, 2.75) is 20.3 Å². The Bertz CT molecular complexity index is 427. The van der Waals surface area contributed by atoms with Crippen molar-refractivity contribution in [2.24, 2.45) is 0 Å². The van der Waals surface area contributed by atoms with Crippen LogP contribution in [0.25, 0.3) is 0 Å². The zero-order valence-corrected chi connectivity index (χ0v) is 9.63. The van der Waals surface area contributed by atoms with Gasteiger partial charge in [-0.1, -0.05) is 18.5 Å². The smallest absolute Gasteiger partial charge is 0.337 e. The molecule has 1 rings (SSSR count). The van der Waals surface area contributed by atoms with Gasteiger partial charge < -0.3 is 10.2 Å². The fraction of sp³-hybridized carbons (Fsp3) is 0.273. The summed E-state index contributed by atoms with van der Waals surface area (Å²) in [5.41, 5.74) is 0.654. The molecule has 0 radical (unpaired) electrons. The van der Waals surface area contributed by atoms with Crippen molar-refractivity contribution >= 4 is 23.5 Å². The lowest BCUT2D eigenvalue weighted by atomic mass is 9.94. The molecule has 0 unspecified atom stereocenters. The fourth-order valence-electron chi connectivity index (χ4n) is 1.72. The van der Waals surface area contributed by atoms with Crippen molar-refractivity contribution in [2.75, 3.05) is 0 Å². The zero-order valence-electron chi connectivity index (χ0n) is 8.87. The summed E-state index contributed by atoms with van der Waals surface area (Å²) in [6, 6.07) is 1.37. The molecule has 1 aromatic rings. The van der Waals surface area contributed by atoms with E-state index in [9.17, 15) is 9.59 Å². The van der Waals surface area contributed by atoms with Crippen molar-refractivity contribution in [3.05, 3.63) is 33.3 Å². The highest BCUT2D eigenvalue weighted by Gasteiger charge is 2.22. The fourth-order valence-corrected chi connectivity index (χ4v) is 2.08. The van der Waals surface area contributed by atoms with E-state index in [0.717, 1.165) is 0 Å². The lowest BCUT2D eigenvalue weighted by molar-refractivity contribution is 0.0695. The van der Waals surface area contributed by atoms with Crippen LogP contribution < -0.4 is 0 Å². The van der Waals surface area contributed by atoms with Gasteiger partial charge in [-0.3, -0.25) is 0 Å². The van der Waals surface area contributed by atoms with Crippen LogP contribution in [-0.2, 0) is 6.42 Å². The largest absolute Gasteiger partial charge is 0.478 e. The predicted octanol–water partition coefficient (Wildman–Crippen LogP) is 2.61. The van der Waals surface area contributed by atoms with Crippen LogP contribution in [0.1, 0.15) is 38.8 Å². The topological polar surface area (TPSA) is 74.6 Å². The highest BCUT2D eigenvalue weighted by molar-refractivity contribution is 6.34. The Hall–Kier alpha value is -1.55. The molecule has 0 fully saturated rings. The van der Waals surface area contributed by atoms with Crippen LogP contribution >= 0.6 is 11.6 Å². The minimum Gasteiger partial charge on any atom is -0.478 e. The number of hydrogen-bond acceptors (Lipinski definition) is 2. The quantitative estimate of drug-likeness (QED) is 0.854. The molecule has 0 aliphatic rings. The maximum absolute atomic E-state index is 11.1. The highest BCUT2D eigenvalue weighted by atomic mass is 35.5. The molecule has 5 heteroatoms. The molecule has 16 heavy (non-hydrogen) atoms. The molecule has 0 saturated carbocycles. The SMILES string of the molecule is CCc1c(C(=O)O)c(C)cc(Cl)c1C(=O)O. The third-order valence-electron chi connectivity index (χ3n) is 2.36. The first-order chi connectivity index (χ1) is 7.40. The van der Waals surface area contributed by atoms with Crippen molar-refractivity contribution in [1.82, 2.24) is 0 Å². The molecule has 0 aliphatic heterocycles. The van der Waals surface area contributed by atoms with Gasteiger partial charge in [0, 0.05) is 0 Å². The number of carbonyl (C=O) groups is 2. The van der Waals surface area contributed by atoms with Gasteiger partial charge in [-0.05, 0) is 30.5 Å². The molecule has 0 saturated heterocycles. The minimum absolute atomic E-state index is 0.0318. The number of carboxylic acids is 2. The van der Waals surface area contributed by atoms with E-state index in [2.05, 4.69) is 0 Å². The van der Waals surface area contributed by atoms with Crippen molar-refractivity contribution in [3.8, 4) is 0 Å². The lowest BCUT2D eigenvalue weighted by Crippen LogP contribution is -2.12. The van der Waals surface area contributed by atoms with Gasteiger partial charge in [-0.15, -0.1) is 0 Å². The van der Waals surface area contributed by atoms with Gasteiger partial charge in [0.05, 0.1) is 16.1 Å². The third-order valence-corrected chi connectivity index (χ3v) is 2.66. The van der Waals surface area contributed by atoms with Gasteiger partial charge in [-0.2, -0.15) is 0 Å². The molecule has 0 atom stereocenters. The van der Waals surface area contributed by atoms with E-state index in [-0.39, 0.29) is 21.7 Å². The summed E-state index contributed by atoms with van der Waals surface area (Å²) >= 11 is 5.81. The van der Waals surface area contributed by atoms with E-state index in [1.54, 1.807) is 13.8 Å². The minimum atomic E-state index is -1.20. The molecule has 0 spiro atoms.